The molecular weight excluding hydrogens is 282 g/mol. The lowest BCUT2D eigenvalue weighted by molar-refractivity contribution is 0.0956. The largest absolute Gasteiger partial charge is 0.496 e. The Hall–Kier alpha value is -0.580. The Kier molecular flexibility index (Phi) is 4.98. The lowest BCUT2D eigenvalue weighted by Gasteiger charge is -2.29. The third-order valence-corrected chi connectivity index (χ3v) is 3.63. The topological polar surface area (TPSA) is 41.5 Å². The van der Waals surface area contributed by atoms with Crippen molar-refractivity contribution in [3.63, 3.8) is 0 Å². The Morgan fingerprint density at radius 3 is 2.59 bits per heavy atom. The molecule has 3 nitrogen and oxygen atoms in total. The first-order valence-corrected chi connectivity index (χ1v) is 6.41. The summed E-state index contributed by atoms with van der Waals surface area (Å²) >= 11 is 3.45. The maximum absolute atomic E-state index is 9.60. The van der Waals surface area contributed by atoms with Gasteiger partial charge >= 0.3 is 0 Å². The van der Waals surface area contributed by atoms with Gasteiger partial charge in [0.05, 0.1) is 17.7 Å². The van der Waals surface area contributed by atoms with E-state index < -0.39 is 6.10 Å². The van der Waals surface area contributed by atoms with Crippen LogP contribution in [0.3, 0.4) is 0 Å². The van der Waals surface area contributed by atoms with Gasteiger partial charge in [-0.2, -0.15) is 0 Å². The number of aliphatic hydroxyl groups is 1. The fourth-order valence-corrected chi connectivity index (χ4v) is 1.89. The molecule has 0 aliphatic carbocycles. The van der Waals surface area contributed by atoms with E-state index in [4.69, 9.17) is 4.74 Å². The second-order valence-electron chi connectivity index (χ2n) is 4.72. The number of methoxy groups -OCH3 is 1. The van der Waals surface area contributed by atoms with Crippen LogP contribution in [-0.4, -0.2) is 23.9 Å². The van der Waals surface area contributed by atoms with Crippen LogP contribution in [0.4, 0.5) is 0 Å². The van der Waals surface area contributed by atoms with Crippen molar-refractivity contribution in [2.75, 3.05) is 7.11 Å². The standard InChI is InChI=1S/C13H20BrNO2/c1-9(16)13(2,3)15-8-10-5-6-12(17-4)11(14)7-10/h5-7,9,15-16H,8H2,1-4H3. The van der Waals surface area contributed by atoms with Gasteiger partial charge in [0, 0.05) is 12.1 Å². The van der Waals surface area contributed by atoms with Crippen molar-refractivity contribution in [1.82, 2.24) is 5.32 Å². The predicted octanol–water partition coefficient (Wildman–Crippen LogP) is 2.71. The Morgan fingerprint density at radius 1 is 1.47 bits per heavy atom. The van der Waals surface area contributed by atoms with Gasteiger partial charge in [-0.1, -0.05) is 6.07 Å². The highest BCUT2D eigenvalue weighted by Crippen LogP contribution is 2.25. The average Bonchev–Trinajstić information content (AvgIpc) is 2.26. The van der Waals surface area contributed by atoms with Crippen molar-refractivity contribution in [3.05, 3.63) is 28.2 Å². The molecular formula is C13H20BrNO2. The quantitative estimate of drug-likeness (QED) is 0.879. The molecule has 0 aliphatic rings. The monoisotopic (exact) mass is 301 g/mol. The van der Waals surface area contributed by atoms with E-state index in [1.165, 1.54) is 0 Å². The van der Waals surface area contributed by atoms with Crippen molar-refractivity contribution in [3.8, 4) is 5.75 Å². The van der Waals surface area contributed by atoms with E-state index >= 15 is 0 Å². The smallest absolute Gasteiger partial charge is 0.133 e. The van der Waals surface area contributed by atoms with Crippen molar-refractivity contribution in [2.24, 2.45) is 0 Å². The molecule has 1 rings (SSSR count). The molecule has 1 aromatic carbocycles. The molecule has 4 heteroatoms. The molecule has 0 heterocycles. The SMILES string of the molecule is COc1ccc(CNC(C)(C)C(C)O)cc1Br. The van der Waals surface area contributed by atoms with Crippen LogP contribution in [0.5, 0.6) is 5.75 Å². The number of ether oxygens (including phenoxy) is 1. The lowest BCUT2D eigenvalue weighted by atomic mass is 9.98. The summed E-state index contributed by atoms with van der Waals surface area (Å²) in [5.74, 6) is 0.823. The molecule has 2 N–H and O–H groups in total. The zero-order chi connectivity index (χ0) is 13.1. The second-order valence-corrected chi connectivity index (χ2v) is 5.57. The Labute approximate surface area is 111 Å². The van der Waals surface area contributed by atoms with Crippen LogP contribution in [0.15, 0.2) is 22.7 Å². The highest BCUT2D eigenvalue weighted by atomic mass is 79.9. The highest BCUT2D eigenvalue weighted by molar-refractivity contribution is 9.10. The summed E-state index contributed by atoms with van der Waals surface area (Å²) in [6.45, 7) is 6.46. The number of halogens is 1. The van der Waals surface area contributed by atoms with Crippen LogP contribution in [-0.2, 0) is 6.54 Å². The molecule has 0 saturated heterocycles. The van der Waals surface area contributed by atoms with Gasteiger partial charge in [-0.15, -0.1) is 0 Å². The van der Waals surface area contributed by atoms with Crippen molar-refractivity contribution >= 4 is 15.9 Å². The summed E-state index contributed by atoms with van der Waals surface area (Å²) in [5, 5.41) is 12.9. The van der Waals surface area contributed by atoms with E-state index in [9.17, 15) is 5.11 Å². The molecule has 17 heavy (non-hydrogen) atoms. The van der Waals surface area contributed by atoms with Crippen LogP contribution in [0.25, 0.3) is 0 Å². The Balaban J connectivity index is 2.67. The molecule has 0 saturated carbocycles. The van der Waals surface area contributed by atoms with Gasteiger partial charge < -0.3 is 15.2 Å². The third-order valence-electron chi connectivity index (χ3n) is 3.01. The normalized spacial score (nSPS) is 13.5. The third kappa shape index (κ3) is 3.98. The molecule has 0 fully saturated rings. The average molecular weight is 302 g/mol. The van der Waals surface area contributed by atoms with Gasteiger partial charge in [0.1, 0.15) is 5.75 Å². The van der Waals surface area contributed by atoms with E-state index in [0.29, 0.717) is 6.54 Å². The van der Waals surface area contributed by atoms with E-state index in [1.54, 1.807) is 14.0 Å². The molecule has 0 amide bonds. The van der Waals surface area contributed by atoms with E-state index in [1.807, 2.05) is 32.0 Å². The van der Waals surface area contributed by atoms with Gasteiger partial charge in [-0.3, -0.25) is 0 Å². The van der Waals surface area contributed by atoms with Gasteiger partial charge in [-0.25, -0.2) is 0 Å². The number of nitrogens with one attached hydrogen (secondary N) is 1. The molecule has 1 unspecified atom stereocenters. The minimum Gasteiger partial charge on any atom is -0.496 e. The van der Waals surface area contributed by atoms with E-state index in [2.05, 4.69) is 21.2 Å². The van der Waals surface area contributed by atoms with Crippen LogP contribution < -0.4 is 10.1 Å². The number of rotatable bonds is 5. The molecule has 0 radical (unpaired) electrons. The molecule has 1 atom stereocenters. The number of benzene rings is 1. The summed E-state index contributed by atoms with van der Waals surface area (Å²) in [6, 6.07) is 5.95. The Bertz CT molecular complexity index is 378. The zero-order valence-electron chi connectivity index (χ0n) is 10.7. The molecule has 0 bridgehead atoms. The fraction of sp³-hybridized carbons (Fsp3) is 0.538. The first-order valence-electron chi connectivity index (χ1n) is 5.62. The highest BCUT2D eigenvalue weighted by Gasteiger charge is 2.22. The Morgan fingerprint density at radius 2 is 2.12 bits per heavy atom. The van der Waals surface area contributed by atoms with Crippen LogP contribution in [0.2, 0.25) is 0 Å². The predicted molar refractivity (Wildman–Crippen MR) is 73.3 cm³/mol. The van der Waals surface area contributed by atoms with Gasteiger partial charge in [-0.05, 0) is 54.4 Å². The molecule has 1 aromatic rings. The maximum atomic E-state index is 9.60. The summed E-state index contributed by atoms with van der Waals surface area (Å²) in [7, 11) is 1.65. The van der Waals surface area contributed by atoms with Crippen molar-refractivity contribution in [2.45, 2.75) is 39.0 Å². The molecule has 0 aliphatic heterocycles. The first kappa shape index (κ1) is 14.5. The van der Waals surface area contributed by atoms with Crippen LogP contribution >= 0.6 is 15.9 Å². The minimum absolute atomic E-state index is 0.299. The second kappa shape index (κ2) is 5.85. The van der Waals surface area contributed by atoms with Gasteiger partial charge in [0.15, 0.2) is 0 Å². The molecule has 0 spiro atoms. The number of hydrogen-bond acceptors (Lipinski definition) is 3. The summed E-state index contributed by atoms with van der Waals surface area (Å²) < 4.78 is 6.12. The van der Waals surface area contributed by atoms with Gasteiger partial charge in [0.2, 0.25) is 0 Å². The number of aliphatic hydroxyl groups excluding tert-OH is 1. The summed E-state index contributed by atoms with van der Waals surface area (Å²) in [4.78, 5) is 0. The minimum atomic E-state index is -0.399. The number of hydrogen-bond donors (Lipinski definition) is 2. The fourth-order valence-electron chi connectivity index (χ4n) is 1.30. The lowest BCUT2D eigenvalue weighted by Crippen LogP contribution is -2.47. The first-order chi connectivity index (χ1) is 7.86. The van der Waals surface area contributed by atoms with Crippen molar-refractivity contribution < 1.29 is 9.84 Å². The summed E-state index contributed by atoms with van der Waals surface area (Å²) in [6.07, 6.45) is -0.399. The molecule has 96 valence electrons. The van der Waals surface area contributed by atoms with E-state index in [0.717, 1.165) is 15.8 Å². The zero-order valence-corrected chi connectivity index (χ0v) is 12.3. The van der Waals surface area contributed by atoms with Crippen LogP contribution in [0, 0.1) is 0 Å². The van der Waals surface area contributed by atoms with Crippen molar-refractivity contribution in [1.29, 1.82) is 0 Å². The van der Waals surface area contributed by atoms with Gasteiger partial charge in [0.25, 0.3) is 0 Å². The van der Waals surface area contributed by atoms with Crippen LogP contribution in [0.1, 0.15) is 26.3 Å². The summed E-state index contributed by atoms with van der Waals surface area (Å²) in [5.41, 5.74) is 0.846. The molecule has 0 aromatic heterocycles. The van der Waals surface area contributed by atoms with E-state index in [-0.39, 0.29) is 5.54 Å². The maximum Gasteiger partial charge on any atom is 0.133 e.